The minimum atomic E-state index is -0.210. The zero-order valence-corrected chi connectivity index (χ0v) is 19.5. The maximum Gasteiger partial charge on any atom is 0.236 e. The van der Waals surface area contributed by atoms with Gasteiger partial charge in [0, 0.05) is 16.6 Å². The molecule has 31 heavy (non-hydrogen) atoms. The lowest BCUT2D eigenvalue weighted by atomic mass is 10.2. The van der Waals surface area contributed by atoms with E-state index in [4.69, 9.17) is 0 Å². The summed E-state index contributed by atoms with van der Waals surface area (Å²) in [5.74, 6) is 0.590. The lowest BCUT2D eigenvalue weighted by Gasteiger charge is -2.09. The first kappa shape index (κ1) is 21.5. The molecule has 4 aromatic rings. The van der Waals surface area contributed by atoms with Gasteiger partial charge in [-0.2, -0.15) is 0 Å². The molecule has 0 unspecified atom stereocenters. The third-order valence-electron chi connectivity index (χ3n) is 4.26. The Morgan fingerprint density at radius 2 is 1.97 bits per heavy atom. The van der Waals surface area contributed by atoms with Crippen LogP contribution in [0.25, 0.3) is 22.0 Å². The highest BCUT2D eigenvalue weighted by molar-refractivity contribution is 9.10. The highest BCUT2D eigenvalue weighted by Crippen LogP contribution is 2.33. The molecule has 0 aliphatic rings. The van der Waals surface area contributed by atoms with Gasteiger partial charge in [-0.1, -0.05) is 69.4 Å². The number of aromatic hydroxyl groups is 1. The predicted molar refractivity (Wildman–Crippen MR) is 125 cm³/mol. The number of anilines is 1. The summed E-state index contributed by atoms with van der Waals surface area (Å²) in [7, 11) is 0. The van der Waals surface area contributed by atoms with Gasteiger partial charge in [0.2, 0.25) is 11.0 Å². The second-order valence-corrected chi connectivity index (χ2v) is 9.16. The van der Waals surface area contributed by atoms with Gasteiger partial charge in [0.1, 0.15) is 10.8 Å². The number of hydrogen-bond donors (Lipinski definition) is 2. The molecule has 158 valence electrons. The lowest BCUT2D eigenvalue weighted by molar-refractivity contribution is -0.113. The first-order valence-electron chi connectivity index (χ1n) is 9.29. The van der Waals surface area contributed by atoms with Gasteiger partial charge in [-0.25, -0.2) is 0 Å². The molecule has 0 aliphatic carbocycles. The van der Waals surface area contributed by atoms with Crippen molar-refractivity contribution in [3.8, 4) is 27.7 Å². The summed E-state index contributed by atoms with van der Waals surface area (Å²) in [6.07, 6.45) is 0. The normalized spacial score (nSPS) is 10.9. The van der Waals surface area contributed by atoms with E-state index in [-0.39, 0.29) is 17.4 Å². The van der Waals surface area contributed by atoms with Crippen LogP contribution in [0.4, 0.5) is 5.13 Å². The van der Waals surface area contributed by atoms with Crippen LogP contribution in [0, 0.1) is 0 Å². The molecular formula is C20H17BrN6O2S2. The lowest BCUT2D eigenvalue weighted by Crippen LogP contribution is -2.14. The summed E-state index contributed by atoms with van der Waals surface area (Å²) >= 11 is 6.00. The van der Waals surface area contributed by atoms with E-state index in [9.17, 15) is 9.90 Å². The van der Waals surface area contributed by atoms with Crippen LogP contribution in [0.1, 0.15) is 6.92 Å². The Kier molecular flexibility index (Phi) is 6.64. The van der Waals surface area contributed by atoms with Crippen molar-refractivity contribution in [1.82, 2.24) is 25.0 Å². The number of phenolic OH excluding ortho intramolecular Hbond substituents is 1. The highest BCUT2D eigenvalue weighted by Gasteiger charge is 2.18. The van der Waals surface area contributed by atoms with E-state index in [1.807, 2.05) is 41.8 Å². The summed E-state index contributed by atoms with van der Waals surface area (Å²) in [6.45, 7) is 2.55. The fourth-order valence-corrected chi connectivity index (χ4v) is 4.75. The minimum Gasteiger partial charge on any atom is -0.507 e. The number of carbonyl (C=O) groups excluding carboxylic acids is 1. The van der Waals surface area contributed by atoms with E-state index in [0.29, 0.717) is 28.2 Å². The molecule has 4 rings (SSSR count). The Morgan fingerprint density at radius 1 is 1.16 bits per heavy atom. The van der Waals surface area contributed by atoms with E-state index in [1.54, 1.807) is 18.2 Å². The Hall–Kier alpha value is -2.76. The molecule has 2 aromatic heterocycles. The highest BCUT2D eigenvalue weighted by atomic mass is 79.9. The first-order valence-corrected chi connectivity index (χ1v) is 11.9. The second kappa shape index (κ2) is 9.58. The minimum absolute atomic E-state index is 0.116. The van der Waals surface area contributed by atoms with Crippen LogP contribution in [0.5, 0.6) is 5.75 Å². The molecule has 11 heteroatoms. The molecule has 8 nitrogen and oxygen atoms in total. The van der Waals surface area contributed by atoms with Gasteiger partial charge < -0.3 is 9.67 Å². The Labute approximate surface area is 194 Å². The number of amides is 1. The summed E-state index contributed by atoms with van der Waals surface area (Å²) in [6, 6.07) is 14.8. The zero-order chi connectivity index (χ0) is 21.8. The zero-order valence-electron chi connectivity index (χ0n) is 16.3. The molecule has 0 radical (unpaired) electrons. The molecule has 0 spiro atoms. The third-order valence-corrected chi connectivity index (χ3v) is 6.60. The van der Waals surface area contributed by atoms with Crippen molar-refractivity contribution in [2.45, 2.75) is 18.6 Å². The average Bonchev–Trinajstić information content (AvgIpc) is 3.41. The number of phenols is 1. The molecule has 0 fully saturated rings. The number of thioether (sulfide) groups is 1. The van der Waals surface area contributed by atoms with Crippen molar-refractivity contribution in [3.63, 3.8) is 0 Å². The summed E-state index contributed by atoms with van der Waals surface area (Å²) < 4.78 is 2.68. The molecule has 0 bridgehead atoms. The van der Waals surface area contributed by atoms with Gasteiger partial charge in [-0.05, 0) is 25.1 Å². The number of nitrogens with zero attached hydrogens (tertiary/aromatic N) is 5. The quantitative estimate of drug-likeness (QED) is 0.343. The van der Waals surface area contributed by atoms with Gasteiger partial charge in [0.05, 0.1) is 11.3 Å². The number of carbonyl (C=O) groups is 1. The molecule has 2 N–H and O–H groups in total. The van der Waals surface area contributed by atoms with Crippen LogP contribution < -0.4 is 5.32 Å². The van der Waals surface area contributed by atoms with Crippen LogP contribution in [0.15, 0.2) is 58.2 Å². The molecule has 0 aliphatic heterocycles. The number of hydrogen-bond acceptors (Lipinski definition) is 8. The van der Waals surface area contributed by atoms with E-state index in [1.165, 1.54) is 23.1 Å². The molecule has 0 saturated heterocycles. The summed E-state index contributed by atoms with van der Waals surface area (Å²) in [5, 5.41) is 31.4. The molecule has 0 saturated carbocycles. The van der Waals surface area contributed by atoms with Crippen LogP contribution in [0.3, 0.4) is 0 Å². The molecule has 2 heterocycles. The monoisotopic (exact) mass is 516 g/mol. The average molecular weight is 517 g/mol. The van der Waals surface area contributed by atoms with Crippen LogP contribution in [-0.2, 0) is 11.3 Å². The first-order chi connectivity index (χ1) is 15.0. The number of nitrogens with one attached hydrogen (secondary N) is 1. The van der Waals surface area contributed by atoms with E-state index in [2.05, 4.69) is 41.6 Å². The van der Waals surface area contributed by atoms with E-state index < -0.39 is 0 Å². The van der Waals surface area contributed by atoms with Crippen molar-refractivity contribution >= 4 is 50.1 Å². The molecule has 2 aromatic carbocycles. The van der Waals surface area contributed by atoms with E-state index in [0.717, 1.165) is 15.0 Å². The van der Waals surface area contributed by atoms with Crippen molar-refractivity contribution in [2.75, 3.05) is 11.1 Å². The topological polar surface area (TPSA) is 106 Å². The summed E-state index contributed by atoms with van der Waals surface area (Å²) in [5.41, 5.74) is 1.52. The molecule has 0 atom stereocenters. The van der Waals surface area contributed by atoms with Crippen molar-refractivity contribution in [1.29, 1.82) is 0 Å². The van der Waals surface area contributed by atoms with Crippen molar-refractivity contribution in [2.24, 2.45) is 0 Å². The summed E-state index contributed by atoms with van der Waals surface area (Å²) in [4.78, 5) is 12.4. The largest absolute Gasteiger partial charge is 0.507 e. The number of aromatic nitrogens is 5. The number of benzene rings is 2. The van der Waals surface area contributed by atoms with Crippen LogP contribution >= 0.6 is 39.0 Å². The molecular weight excluding hydrogens is 500 g/mol. The van der Waals surface area contributed by atoms with Gasteiger partial charge >= 0.3 is 0 Å². The second-order valence-electron chi connectivity index (χ2n) is 6.33. The van der Waals surface area contributed by atoms with Gasteiger partial charge in [0.15, 0.2) is 11.0 Å². The Bertz CT molecular complexity index is 1210. The maximum atomic E-state index is 12.4. The van der Waals surface area contributed by atoms with Gasteiger partial charge in [0.25, 0.3) is 0 Å². The smallest absolute Gasteiger partial charge is 0.236 e. The van der Waals surface area contributed by atoms with Crippen LogP contribution in [-0.4, -0.2) is 41.7 Å². The number of rotatable bonds is 7. The molecule has 1 amide bonds. The van der Waals surface area contributed by atoms with Crippen molar-refractivity contribution < 1.29 is 9.90 Å². The van der Waals surface area contributed by atoms with Crippen LogP contribution in [0.2, 0.25) is 0 Å². The predicted octanol–water partition coefficient (Wildman–Crippen LogP) is 4.68. The van der Waals surface area contributed by atoms with Gasteiger partial charge in [-0.15, -0.1) is 20.4 Å². The SMILES string of the molecule is CCn1c(SCC(=O)Nc2nnc(-c3ccccc3)s2)nnc1-c1cc(Br)ccc1O. The third kappa shape index (κ3) is 4.94. The van der Waals surface area contributed by atoms with Crippen molar-refractivity contribution in [3.05, 3.63) is 53.0 Å². The Morgan fingerprint density at radius 3 is 2.74 bits per heavy atom. The fourth-order valence-electron chi connectivity index (χ4n) is 2.82. The maximum absolute atomic E-state index is 12.4. The fraction of sp³-hybridized carbons (Fsp3) is 0.150. The number of halogens is 1. The van der Waals surface area contributed by atoms with Gasteiger partial charge in [-0.3, -0.25) is 10.1 Å². The Balaban J connectivity index is 1.43. The standard InChI is InChI=1S/C20H17BrN6O2S2/c1-2-27-17(14-10-13(21)8-9-15(14)28)23-26-20(27)30-11-16(29)22-19-25-24-18(31-19)12-6-4-3-5-7-12/h3-10,28H,2,11H2,1H3,(H,22,25,29). The van der Waals surface area contributed by atoms with E-state index >= 15 is 0 Å².